The van der Waals surface area contributed by atoms with Gasteiger partial charge >= 0.3 is 0 Å². The molecule has 0 bridgehead atoms. The summed E-state index contributed by atoms with van der Waals surface area (Å²) in [6.07, 6.45) is 0. The van der Waals surface area contributed by atoms with Crippen LogP contribution in [0, 0.1) is 13.8 Å². The van der Waals surface area contributed by atoms with E-state index < -0.39 is 0 Å². The van der Waals surface area contributed by atoms with Crippen LogP contribution in [0.4, 0.5) is 0 Å². The molecule has 0 unspecified atom stereocenters. The van der Waals surface area contributed by atoms with Crippen molar-refractivity contribution in [3.05, 3.63) is 107 Å². The van der Waals surface area contributed by atoms with E-state index in [1.807, 2.05) is 91.3 Å². The zero-order valence-corrected chi connectivity index (χ0v) is 16.8. The third kappa shape index (κ3) is 3.83. The molecule has 29 heavy (non-hydrogen) atoms. The fourth-order valence-electron chi connectivity index (χ4n) is 3.47. The van der Waals surface area contributed by atoms with Gasteiger partial charge in [0.25, 0.3) is 5.91 Å². The highest BCUT2D eigenvalue weighted by molar-refractivity contribution is 6.13. The van der Waals surface area contributed by atoms with Crippen molar-refractivity contribution in [3.8, 4) is 0 Å². The molecule has 0 fully saturated rings. The monoisotopic (exact) mass is 381 g/mol. The lowest BCUT2D eigenvalue weighted by molar-refractivity contribution is 0.0947. The molecule has 1 heterocycles. The minimum Gasteiger partial charge on any atom is -0.340 e. The van der Waals surface area contributed by atoms with Crippen LogP contribution in [0.1, 0.15) is 32.7 Å². The van der Waals surface area contributed by atoms with Crippen molar-refractivity contribution >= 4 is 22.5 Å². The lowest BCUT2D eigenvalue weighted by Crippen LogP contribution is -2.22. The molecule has 0 atom stereocenters. The summed E-state index contributed by atoms with van der Waals surface area (Å²) >= 11 is 0. The second-order valence-corrected chi connectivity index (χ2v) is 7.28. The van der Waals surface area contributed by atoms with Crippen LogP contribution in [0.3, 0.4) is 0 Å². The molecule has 1 aromatic heterocycles. The molecule has 4 heteroatoms. The molecule has 144 valence electrons. The fourth-order valence-corrected chi connectivity index (χ4v) is 3.47. The molecule has 4 aromatic rings. The van der Waals surface area contributed by atoms with Crippen molar-refractivity contribution in [3.63, 3.8) is 0 Å². The van der Waals surface area contributed by atoms with Gasteiger partial charge < -0.3 is 4.57 Å². The molecule has 0 saturated heterocycles. The second-order valence-electron chi connectivity index (χ2n) is 7.28. The Balaban J connectivity index is 1.71. The van der Waals surface area contributed by atoms with Gasteiger partial charge in [0.2, 0.25) is 0 Å². The highest BCUT2D eigenvalue weighted by Crippen LogP contribution is 2.18. The quantitative estimate of drug-likeness (QED) is 0.393. The van der Waals surface area contributed by atoms with Gasteiger partial charge in [-0.3, -0.25) is 4.79 Å². The summed E-state index contributed by atoms with van der Waals surface area (Å²) in [5.74, 6) is -0.235. The summed E-state index contributed by atoms with van der Waals surface area (Å²) in [6, 6.07) is 26.1. The molecule has 0 aliphatic heterocycles. The van der Waals surface area contributed by atoms with Crippen molar-refractivity contribution in [1.29, 1.82) is 0 Å². The Bertz CT molecular complexity index is 1220. The van der Waals surface area contributed by atoms with E-state index in [0.29, 0.717) is 5.69 Å². The van der Waals surface area contributed by atoms with Gasteiger partial charge in [0, 0.05) is 29.1 Å². The predicted octanol–water partition coefficient (Wildman–Crippen LogP) is 4.98. The van der Waals surface area contributed by atoms with E-state index in [1.54, 1.807) is 0 Å². The number of aryl methyl sites for hydroxylation is 3. The lowest BCUT2D eigenvalue weighted by atomic mass is 10.00. The molecular weight excluding hydrogens is 358 g/mol. The summed E-state index contributed by atoms with van der Waals surface area (Å²) in [5, 5.41) is 5.56. The average molecular weight is 381 g/mol. The molecule has 0 radical (unpaired) electrons. The number of nitrogens with zero attached hydrogens (tertiary/aromatic N) is 2. The van der Waals surface area contributed by atoms with E-state index in [2.05, 4.69) is 23.5 Å². The topological polar surface area (TPSA) is 46.4 Å². The van der Waals surface area contributed by atoms with E-state index in [9.17, 15) is 4.79 Å². The number of rotatable bonds is 4. The number of carbonyl (C=O) groups excluding carboxylic acids is 1. The number of para-hydroxylation sites is 1. The van der Waals surface area contributed by atoms with Crippen LogP contribution < -0.4 is 5.43 Å². The fraction of sp³-hybridized carbons (Fsp3) is 0.120. The first-order valence-electron chi connectivity index (χ1n) is 9.59. The summed E-state index contributed by atoms with van der Waals surface area (Å²) in [7, 11) is 1.89. The Morgan fingerprint density at radius 3 is 2.31 bits per heavy atom. The molecule has 3 aromatic carbocycles. The van der Waals surface area contributed by atoms with Gasteiger partial charge in [0.1, 0.15) is 5.69 Å². The Labute approximate surface area is 170 Å². The maximum atomic E-state index is 12.9. The third-order valence-corrected chi connectivity index (χ3v) is 5.07. The summed E-state index contributed by atoms with van der Waals surface area (Å²) in [5.41, 5.74) is 9.32. The third-order valence-electron chi connectivity index (χ3n) is 5.07. The van der Waals surface area contributed by atoms with E-state index in [4.69, 9.17) is 0 Å². The molecule has 1 amide bonds. The van der Waals surface area contributed by atoms with Crippen molar-refractivity contribution in [1.82, 2.24) is 9.99 Å². The van der Waals surface area contributed by atoms with Gasteiger partial charge in [0.05, 0.1) is 5.71 Å². The second kappa shape index (κ2) is 7.76. The zero-order chi connectivity index (χ0) is 20.4. The maximum absolute atomic E-state index is 12.9. The van der Waals surface area contributed by atoms with Crippen LogP contribution in [0.25, 0.3) is 10.9 Å². The number of hydrazone groups is 1. The van der Waals surface area contributed by atoms with Crippen LogP contribution in [-0.2, 0) is 7.05 Å². The van der Waals surface area contributed by atoms with Crippen LogP contribution in [-0.4, -0.2) is 16.2 Å². The number of benzene rings is 3. The van der Waals surface area contributed by atoms with Gasteiger partial charge in [-0.25, -0.2) is 5.43 Å². The first-order valence-corrected chi connectivity index (χ1v) is 9.59. The minimum atomic E-state index is -0.235. The van der Waals surface area contributed by atoms with Crippen molar-refractivity contribution in [2.24, 2.45) is 12.1 Å². The SMILES string of the molecule is Cc1ccc(C(=NNC(=O)c2cc3ccccc3n2C)c2cccc(C)c2)cc1. The zero-order valence-electron chi connectivity index (χ0n) is 16.8. The van der Waals surface area contributed by atoms with Crippen molar-refractivity contribution < 1.29 is 4.79 Å². The first-order chi connectivity index (χ1) is 14.0. The molecule has 4 rings (SSSR count). The summed E-state index contributed by atoms with van der Waals surface area (Å²) in [6.45, 7) is 4.10. The Morgan fingerprint density at radius 2 is 1.59 bits per heavy atom. The highest BCUT2D eigenvalue weighted by Gasteiger charge is 2.14. The number of carbonyl (C=O) groups is 1. The highest BCUT2D eigenvalue weighted by atomic mass is 16.2. The van der Waals surface area contributed by atoms with Gasteiger partial charge in [-0.05, 0) is 32.0 Å². The smallest absolute Gasteiger partial charge is 0.288 e. The number of aromatic nitrogens is 1. The number of hydrogen-bond acceptors (Lipinski definition) is 2. The standard InChI is InChI=1S/C25H23N3O/c1-17-11-13-19(14-12-17)24(21-9-6-7-18(2)15-21)26-27-25(29)23-16-20-8-4-5-10-22(20)28(23)3/h4-16H,1-3H3,(H,27,29). The van der Waals surface area contributed by atoms with Crippen molar-refractivity contribution in [2.45, 2.75) is 13.8 Å². The summed E-state index contributed by atoms with van der Waals surface area (Å²) in [4.78, 5) is 12.9. The molecule has 4 nitrogen and oxygen atoms in total. The minimum absolute atomic E-state index is 0.235. The predicted molar refractivity (Wildman–Crippen MR) is 118 cm³/mol. The van der Waals surface area contributed by atoms with E-state index >= 15 is 0 Å². The number of hydrogen-bond donors (Lipinski definition) is 1. The largest absolute Gasteiger partial charge is 0.340 e. The first kappa shape index (κ1) is 18.7. The van der Waals surface area contributed by atoms with Crippen LogP contribution in [0.15, 0.2) is 84.0 Å². The average Bonchev–Trinajstić information content (AvgIpc) is 3.06. The molecule has 0 spiro atoms. The molecule has 1 N–H and O–H groups in total. The lowest BCUT2D eigenvalue weighted by Gasteiger charge is -2.10. The molecule has 0 aliphatic rings. The van der Waals surface area contributed by atoms with Gasteiger partial charge in [-0.15, -0.1) is 0 Å². The van der Waals surface area contributed by atoms with Crippen molar-refractivity contribution in [2.75, 3.05) is 0 Å². The molecule has 0 aliphatic carbocycles. The van der Waals surface area contributed by atoms with Crippen LogP contribution >= 0.6 is 0 Å². The normalized spacial score (nSPS) is 11.6. The van der Waals surface area contributed by atoms with Crippen LogP contribution in [0.5, 0.6) is 0 Å². The number of nitrogens with one attached hydrogen (secondary N) is 1. The van der Waals surface area contributed by atoms with E-state index in [-0.39, 0.29) is 5.91 Å². The Morgan fingerprint density at radius 1 is 0.828 bits per heavy atom. The molecular formula is C25H23N3O. The van der Waals surface area contributed by atoms with Crippen LogP contribution in [0.2, 0.25) is 0 Å². The van der Waals surface area contributed by atoms with Gasteiger partial charge in [-0.1, -0.05) is 71.8 Å². The van der Waals surface area contributed by atoms with Gasteiger partial charge in [-0.2, -0.15) is 5.10 Å². The Kier molecular flexibility index (Phi) is 5.00. The Hall–Kier alpha value is -3.66. The maximum Gasteiger partial charge on any atom is 0.288 e. The molecule has 0 saturated carbocycles. The number of amides is 1. The van der Waals surface area contributed by atoms with Gasteiger partial charge in [0.15, 0.2) is 0 Å². The number of fused-ring (bicyclic) bond motifs is 1. The van der Waals surface area contributed by atoms with E-state index in [1.165, 1.54) is 5.56 Å². The summed E-state index contributed by atoms with van der Waals surface area (Å²) < 4.78 is 1.89. The van der Waals surface area contributed by atoms with E-state index in [0.717, 1.165) is 33.3 Å².